The third kappa shape index (κ3) is 3.08. The quantitative estimate of drug-likeness (QED) is 0.741. The number of rotatable bonds is 4. The van der Waals surface area contributed by atoms with Crippen molar-refractivity contribution in [2.45, 2.75) is 63.5 Å². The molecule has 0 aromatic rings. The van der Waals surface area contributed by atoms with Crippen LogP contribution < -0.4 is 0 Å². The molecular weight excluding hydrogens is 198 g/mol. The highest BCUT2D eigenvalue weighted by Crippen LogP contribution is 2.27. The molecule has 0 amide bonds. The van der Waals surface area contributed by atoms with Crippen LogP contribution >= 0.6 is 0 Å². The standard InChI is InChI=1S/C14H25NO/c16-12-11-15(13-7-3-1-4-8-13)14-9-5-2-6-10-14/h3,7,13-14,16H,1-2,4-6,8-12H2. The van der Waals surface area contributed by atoms with Crippen LogP contribution in [0.5, 0.6) is 0 Å². The fourth-order valence-corrected chi connectivity index (χ4v) is 3.22. The first-order chi connectivity index (χ1) is 7.92. The lowest BCUT2D eigenvalue weighted by Gasteiger charge is -2.39. The van der Waals surface area contributed by atoms with Gasteiger partial charge in [0.2, 0.25) is 0 Å². The van der Waals surface area contributed by atoms with Crippen LogP contribution in [0.25, 0.3) is 0 Å². The smallest absolute Gasteiger partial charge is 0.0558 e. The largest absolute Gasteiger partial charge is 0.395 e. The maximum Gasteiger partial charge on any atom is 0.0558 e. The molecule has 2 heteroatoms. The zero-order valence-corrected chi connectivity index (χ0v) is 10.3. The minimum Gasteiger partial charge on any atom is -0.395 e. The van der Waals surface area contributed by atoms with E-state index >= 15 is 0 Å². The highest BCUT2D eigenvalue weighted by Gasteiger charge is 2.26. The molecule has 2 rings (SSSR count). The Hall–Kier alpha value is -0.340. The van der Waals surface area contributed by atoms with Crippen molar-refractivity contribution in [2.75, 3.05) is 13.2 Å². The van der Waals surface area contributed by atoms with Crippen LogP contribution in [-0.2, 0) is 0 Å². The second kappa shape index (κ2) is 6.41. The normalized spacial score (nSPS) is 27.5. The highest BCUT2D eigenvalue weighted by atomic mass is 16.3. The summed E-state index contributed by atoms with van der Waals surface area (Å²) in [5, 5.41) is 9.23. The molecule has 0 radical (unpaired) electrons. The summed E-state index contributed by atoms with van der Waals surface area (Å²) in [6.07, 6.45) is 15.4. The SMILES string of the molecule is OCCN(C1C=CCCC1)C1CCCCC1. The van der Waals surface area contributed by atoms with Crippen LogP contribution in [0.3, 0.4) is 0 Å². The molecular formula is C14H25NO. The first-order valence-electron chi connectivity index (χ1n) is 6.95. The topological polar surface area (TPSA) is 23.5 Å². The number of nitrogens with zero attached hydrogens (tertiary/aromatic N) is 1. The van der Waals surface area contributed by atoms with Gasteiger partial charge in [-0.3, -0.25) is 4.90 Å². The van der Waals surface area contributed by atoms with Gasteiger partial charge in [-0.1, -0.05) is 31.4 Å². The van der Waals surface area contributed by atoms with Gasteiger partial charge in [-0.25, -0.2) is 0 Å². The zero-order chi connectivity index (χ0) is 11.2. The van der Waals surface area contributed by atoms with Crippen molar-refractivity contribution >= 4 is 0 Å². The summed E-state index contributed by atoms with van der Waals surface area (Å²) < 4.78 is 0. The fourth-order valence-electron chi connectivity index (χ4n) is 3.22. The van der Waals surface area contributed by atoms with Gasteiger partial charge in [0, 0.05) is 18.6 Å². The number of allylic oxidation sites excluding steroid dienone is 1. The molecule has 0 saturated heterocycles. The maximum atomic E-state index is 9.23. The lowest BCUT2D eigenvalue weighted by Crippen LogP contribution is -2.45. The van der Waals surface area contributed by atoms with Crippen molar-refractivity contribution in [3.63, 3.8) is 0 Å². The van der Waals surface area contributed by atoms with Gasteiger partial charge < -0.3 is 5.11 Å². The summed E-state index contributed by atoms with van der Waals surface area (Å²) >= 11 is 0. The Morgan fingerprint density at radius 2 is 1.88 bits per heavy atom. The Balaban J connectivity index is 1.96. The van der Waals surface area contributed by atoms with E-state index in [1.807, 2.05) is 0 Å². The number of aliphatic hydroxyl groups excluding tert-OH is 1. The molecule has 2 aliphatic rings. The van der Waals surface area contributed by atoms with Crippen molar-refractivity contribution in [1.82, 2.24) is 4.90 Å². The monoisotopic (exact) mass is 223 g/mol. The van der Waals surface area contributed by atoms with Gasteiger partial charge in [0.05, 0.1) is 6.61 Å². The van der Waals surface area contributed by atoms with E-state index < -0.39 is 0 Å². The molecule has 0 spiro atoms. The van der Waals surface area contributed by atoms with Gasteiger partial charge in [0.1, 0.15) is 0 Å². The lowest BCUT2D eigenvalue weighted by atomic mass is 9.91. The Bertz CT molecular complexity index is 221. The second-order valence-corrected chi connectivity index (χ2v) is 5.18. The molecule has 1 N–H and O–H groups in total. The van der Waals surface area contributed by atoms with Gasteiger partial charge in [0.25, 0.3) is 0 Å². The molecule has 1 atom stereocenters. The summed E-state index contributed by atoms with van der Waals surface area (Å²) in [5.74, 6) is 0. The van der Waals surface area contributed by atoms with Gasteiger partial charge in [-0.2, -0.15) is 0 Å². The van der Waals surface area contributed by atoms with E-state index in [1.165, 1.54) is 51.4 Å². The van der Waals surface area contributed by atoms with E-state index in [1.54, 1.807) is 0 Å². The van der Waals surface area contributed by atoms with Crippen molar-refractivity contribution in [1.29, 1.82) is 0 Å². The predicted octanol–water partition coefficient (Wildman–Crippen LogP) is 2.72. The van der Waals surface area contributed by atoms with Crippen LogP contribution in [0.2, 0.25) is 0 Å². The van der Waals surface area contributed by atoms with E-state index in [2.05, 4.69) is 17.1 Å². The van der Waals surface area contributed by atoms with E-state index in [0.29, 0.717) is 12.6 Å². The summed E-state index contributed by atoms with van der Waals surface area (Å²) in [7, 11) is 0. The van der Waals surface area contributed by atoms with E-state index in [-0.39, 0.29) is 0 Å². The summed E-state index contributed by atoms with van der Waals surface area (Å²) in [6.45, 7) is 1.17. The van der Waals surface area contributed by atoms with Crippen LogP contribution in [0, 0.1) is 0 Å². The van der Waals surface area contributed by atoms with Gasteiger partial charge in [-0.15, -0.1) is 0 Å². The molecule has 92 valence electrons. The Morgan fingerprint density at radius 1 is 1.06 bits per heavy atom. The molecule has 0 aliphatic heterocycles. The van der Waals surface area contributed by atoms with Crippen LogP contribution in [0.4, 0.5) is 0 Å². The summed E-state index contributed by atoms with van der Waals surface area (Å²) in [4.78, 5) is 2.56. The number of hydrogen-bond acceptors (Lipinski definition) is 2. The van der Waals surface area contributed by atoms with E-state index in [9.17, 15) is 5.11 Å². The minimum absolute atomic E-state index is 0.306. The third-order valence-electron chi connectivity index (χ3n) is 4.06. The van der Waals surface area contributed by atoms with Crippen LogP contribution in [-0.4, -0.2) is 35.2 Å². The third-order valence-corrected chi connectivity index (χ3v) is 4.06. The predicted molar refractivity (Wildman–Crippen MR) is 67.4 cm³/mol. The fraction of sp³-hybridized carbons (Fsp3) is 0.857. The number of hydrogen-bond donors (Lipinski definition) is 1. The molecule has 0 bridgehead atoms. The van der Waals surface area contributed by atoms with Crippen LogP contribution in [0.15, 0.2) is 12.2 Å². The molecule has 0 heterocycles. The van der Waals surface area contributed by atoms with Gasteiger partial charge in [-0.05, 0) is 32.1 Å². The minimum atomic E-state index is 0.306. The molecule has 16 heavy (non-hydrogen) atoms. The van der Waals surface area contributed by atoms with E-state index in [0.717, 1.165) is 12.6 Å². The molecule has 1 fully saturated rings. The Kier molecular flexibility index (Phi) is 4.86. The van der Waals surface area contributed by atoms with Crippen molar-refractivity contribution in [3.05, 3.63) is 12.2 Å². The van der Waals surface area contributed by atoms with Crippen LogP contribution in [0.1, 0.15) is 51.4 Å². The molecule has 2 aliphatic carbocycles. The maximum absolute atomic E-state index is 9.23. The molecule has 2 nitrogen and oxygen atoms in total. The Morgan fingerprint density at radius 3 is 2.50 bits per heavy atom. The van der Waals surface area contributed by atoms with E-state index in [4.69, 9.17) is 0 Å². The van der Waals surface area contributed by atoms with Crippen molar-refractivity contribution in [2.24, 2.45) is 0 Å². The average molecular weight is 223 g/mol. The molecule has 1 unspecified atom stereocenters. The summed E-state index contributed by atoms with van der Waals surface area (Å²) in [5.41, 5.74) is 0. The van der Waals surface area contributed by atoms with Crippen molar-refractivity contribution in [3.8, 4) is 0 Å². The van der Waals surface area contributed by atoms with Crippen molar-refractivity contribution < 1.29 is 5.11 Å². The highest BCUT2D eigenvalue weighted by molar-refractivity contribution is 5.00. The number of aliphatic hydroxyl groups is 1. The Labute approximate surface area is 99.3 Å². The molecule has 0 aromatic heterocycles. The van der Waals surface area contributed by atoms with Gasteiger partial charge in [0.15, 0.2) is 0 Å². The first-order valence-corrected chi connectivity index (χ1v) is 6.95. The lowest BCUT2D eigenvalue weighted by molar-refractivity contribution is 0.0924. The molecule has 0 aromatic carbocycles. The zero-order valence-electron chi connectivity index (χ0n) is 10.3. The summed E-state index contributed by atoms with van der Waals surface area (Å²) in [6, 6.07) is 1.33. The molecule has 1 saturated carbocycles. The average Bonchev–Trinajstić information content (AvgIpc) is 2.38. The first kappa shape index (κ1) is 12.1. The second-order valence-electron chi connectivity index (χ2n) is 5.18. The van der Waals surface area contributed by atoms with Gasteiger partial charge >= 0.3 is 0 Å².